The predicted octanol–water partition coefficient (Wildman–Crippen LogP) is 2.77. The van der Waals surface area contributed by atoms with Crippen LogP contribution in [0.4, 0.5) is 0 Å². The molecule has 21 heavy (non-hydrogen) atoms. The van der Waals surface area contributed by atoms with Crippen LogP contribution < -0.4 is 14.8 Å². The first kappa shape index (κ1) is 14.7. The molecule has 2 aliphatic rings. The second-order valence-corrected chi connectivity index (χ2v) is 6.45. The maximum Gasteiger partial charge on any atom is 0.231 e. The van der Waals surface area contributed by atoms with Crippen LogP contribution >= 0.6 is 0 Å². The van der Waals surface area contributed by atoms with E-state index in [1.165, 1.54) is 12.0 Å². The molecule has 2 unspecified atom stereocenters. The van der Waals surface area contributed by atoms with E-state index in [0.29, 0.717) is 12.8 Å². The van der Waals surface area contributed by atoms with Crippen LogP contribution in [-0.4, -0.2) is 36.4 Å². The summed E-state index contributed by atoms with van der Waals surface area (Å²) >= 11 is 0. The summed E-state index contributed by atoms with van der Waals surface area (Å²) in [5, 5.41) is 3.72. The van der Waals surface area contributed by atoms with Crippen LogP contribution in [0.3, 0.4) is 0 Å². The summed E-state index contributed by atoms with van der Waals surface area (Å²) in [6, 6.07) is 6.92. The summed E-state index contributed by atoms with van der Waals surface area (Å²) in [6.07, 6.45) is 2.33. The van der Waals surface area contributed by atoms with Gasteiger partial charge in [0.15, 0.2) is 11.5 Å². The highest BCUT2D eigenvalue weighted by Crippen LogP contribution is 2.33. The van der Waals surface area contributed by atoms with Gasteiger partial charge in [-0.1, -0.05) is 19.9 Å². The van der Waals surface area contributed by atoms with Crippen molar-refractivity contribution in [2.75, 3.05) is 19.9 Å². The number of nitrogens with zero attached hydrogens (tertiary/aromatic N) is 1. The van der Waals surface area contributed by atoms with Gasteiger partial charge in [0.1, 0.15) is 0 Å². The summed E-state index contributed by atoms with van der Waals surface area (Å²) in [6.45, 7) is 10.4. The lowest BCUT2D eigenvalue weighted by Crippen LogP contribution is -2.62. The highest BCUT2D eigenvalue weighted by atomic mass is 16.7. The number of hydrogen-bond donors (Lipinski definition) is 1. The monoisotopic (exact) mass is 290 g/mol. The van der Waals surface area contributed by atoms with Gasteiger partial charge < -0.3 is 14.8 Å². The Morgan fingerprint density at radius 1 is 1.29 bits per heavy atom. The Bertz CT molecular complexity index is 506. The molecular weight excluding hydrogens is 264 g/mol. The van der Waals surface area contributed by atoms with E-state index in [4.69, 9.17) is 9.47 Å². The van der Waals surface area contributed by atoms with Crippen LogP contribution in [0, 0.1) is 0 Å². The molecule has 0 aromatic heterocycles. The predicted molar refractivity (Wildman–Crippen MR) is 83.8 cm³/mol. The quantitative estimate of drug-likeness (QED) is 0.924. The molecule has 1 fully saturated rings. The molecule has 0 spiro atoms. The summed E-state index contributed by atoms with van der Waals surface area (Å²) in [7, 11) is 0. The third-order valence-corrected chi connectivity index (χ3v) is 4.91. The van der Waals surface area contributed by atoms with Crippen LogP contribution in [-0.2, 0) is 6.54 Å². The molecule has 116 valence electrons. The summed E-state index contributed by atoms with van der Waals surface area (Å²) in [5.74, 6) is 1.75. The van der Waals surface area contributed by atoms with Gasteiger partial charge in [-0.2, -0.15) is 0 Å². The molecule has 1 saturated heterocycles. The molecule has 0 amide bonds. The lowest BCUT2D eigenvalue weighted by Gasteiger charge is -2.46. The van der Waals surface area contributed by atoms with Crippen molar-refractivity contribution in [2.45, 2.75) is 51.7 Å². The third-order valence-electron chi connectivity index (χ3n) is 4.91. The summed E-state index contributed by atoms with van der Waals surface area (Å²) in [4.78, 5) is 2.61. The average molecular weight is 290 g/mol. The SMILES string of the molecule is CCC1CNC(C)(CC)CN1Cc1ccc2c(c1)OCO2. The maximum absolute atomic E-state index is 5.49. The Balaban J connectivity index is 1.74. The number of piperazine rings is 1. The Labute approximate surface area is 127 Å². The van der Waals surface area contributed by atoms with Crippen molar-refractivity contribution >= 4 is 0 Å². The summed E-state index contributed by atoms with van der Waals surface area (Å²) in [5.41, 5.74) is 1.53. The standard InChI is InChI=1S/C17H26N2O2/c1-4-14-9-18-17(3,5-2)11-19(14)10-13-6-7-15-16(8-13)21-12-20-15/h6-8,14,18H,4-5,9-12H2,1-3H3. The Hall–Kier alpha value is -1.26. The van der Waals surface area contributed by atoms with Crippen molar-refractivity contribution in [1.82, 2.24) is 10.2 Å². The van der Waals surface area contributed by atoms with Crippen molar-refractivity contribution in [2.24, 2.45) is 0 Å². The zero-order valence-electron chi connectivity index (χ0n) is 13.3. The van der Waals surface area contributed by atoms with E-state index in [1.54, 1.807) is 0 Å². The first-order valence-corrected chi connectivity index (χ1v) is 8.01. The average Bonchev–Trinajstić information content (AvgIpc) is 2.95. The smallest absolute Gasteiger partial charge is 0.231 e. The highest BCUT2D eigenvalue weighted by molar-refractivity contribution is 5.44. The van der Waals surface area contributed by atoms with Gasteiger partial charge in [-0.15, -0.1) is 0 Å². The Morgan fingerprint density at radius 3 is 2.86 bits per heavy atom. The fraction of sp³-hybridized carbons (Fsp3) is 0.647. The van der Waals surface area contributed by atoms with Gasteiger partial charge in [-0.25, -0.2) is 0 Å². The molecule has 0 aliphatic carbocycles. The molecule has 4 nitrogen and oxygen atoms in total. The zero-order chi connectivity index (χ0) is 14.9. The van der Waals surface area contributed by atoms with Crippen LogP contribution in [0.1, 0.15) is 39.2 Å². The van der Waals surface area contributed by atoms with E-state index < -0.39 is 0 Å². The molecule has 3 rings (SSSR count). The third kappa shape index (κ3) is 3.01. The lowest BCUT2D eigenvalue weighted by atomic mass is 9.92. The molecule has 2 aliphatic heterocycles. The molecule has 0 radical (unpaired) electrons. The minimum absolute atomic E-state index is 0.224. The van der Waals surface area contributed by atoms with Gasteiger partial charge in [0, 0.05) is 31.2 Å². The largest absolute Gasteiger partial charge is 0.454 e. The number of ether oxygens (including phenoxy) is 2. The zero-order valence-corrected chi connectivity index (χ0v) is 13.3. The normalized spacial score (nSPS) is 28.8. The van der Waals surface area contributed by atoms with Crippen molar-refractivity contribution in [1.29, 1.82) is 0 Å². The minimum Gasteiger partial charge on any atom is -0.454 e. The van der Waals surface area contributed by atoms with Crippen LogP contribution in [0.15, 0.2) is 18.2 Å². The van der Waals surface area contributed by atoms with Gasteiger partial charge >= 0.3 is 0 Å². The van der Waals surface area contributed by atoms with Crippen LogP contribution in [0.2, 0.25) is 0 Å². The number of fused-ring (bicyclic) bond motifs is 1. The summed E-state index contributed by atoms with van der Waals surface area (Å²) < 4.78 is 10.9. The topological polar surface area (TPSA) is 33.7 Å². The number of rotatable bonds is 4. The Kier molecular flexibility index (Phi) is 4.09. The van der Waals surface area contributed by atoms with Crippen molar-refractivity contribution in [3.8, 4) is 11.5 Å². The molecule has 0 saturated carbocycles. The number of benzene rings is 1. The van der Waals surface area contributed by atoms with E-state index in [9.17, 15) is 0 Å². The van der Waals surface area contributed by atoms with Crippen LogP contribution in [0.25, 0.3) is 0 Å². The molecule has 1 aromatic rings. The molecule has 0 bridgehead atoms. The fourth-order valence-corrected chi connectivity index (χ4v) is 3.22. The fourth-order valence-electron chi connectivity index (χ4n) is 3.22. The van der Waals surface area contributed by atoms with E-state index in [-0.39, 0.29) is 5.54 Å². The van der Waals surface area contributed by atoms with Gasteiger partial charge in [0.25, 0.3) is 0 Å². The van der Waals surface area contributed by atoms with Gasteiger partial charge in [0.2, 0.25) is 6.79 Å². The van der Waals surface area contributed by atoms with Crippen LogP contribution in [0.5, 0.6) is 11.5 Å². The number of hydrogen-bond acceptors (Lipinski definition) is 4. The molecule has 2 atom stereocenters. The maximum atomic E-state index is 5.49. The van der Waals surface area contributed by atoms with Crippen molar-refractivity contribution < 1.29 is 9.47 Å². The Morgan fingerprint density at radius 2 is 2.10 bits per heavy atom. The van der Waals surface area contributed by atoms with Gasteiger partial charge in [-0.3, -0.25) is 4.90 Å². The molecule has 2 heterocycles. The van der Waals surface area contributed by atoms with Crippen molar-refractivity contribution in [3.05, 3.63) is 23.8 Å². The minimum atomic E-state index is 0.224. The molecule has 1 N–H and O–H groups in total. The molecule has 1 aromatic carbocycles. The molecular formula is C17H26N2O2. The van der Waals surface area contributed by atoms with Crippen molar-refractivity contribution in [3.63, 3.8) is 0 Å². The van der Waals surface area contributed by atoms with E-state index in [2.05, 4.69) is 43.1 Å². The van der Waals surface area contributed by atoms with Gasteiger partial charge in [0.05, 0.1) is 0 Å². The van der Waals surface area contributed by atoms with Gasteiger partial charge in [-0.05, 0) is 37.5 Å². The molecule has 4 heteroatoms. The first-order chi connectivity index (χ1) is 10.1. The highest BCUT2D eigenvalue weighted by Gasteiger charge is 2.33. The number of nitrogens with one attached hydrogen (secondary N) is 1. The first-order valence-electron chi connectivity index (χ1n) is 8.01. The second-order valence-electron chi connectivity index (χ2n) is 6.45. The van der Waals surface area contributed by atoms with E-state index in [1.807, 2.05) is 6.07 Å². The van der Waals surface area contributed by atoms with E-state index >= 15 is 0 Å². The second kappa shape index (κ2) is 5.85. The lowest BCUT2D eigenvalue weighted by molar-refractivity contribution is 0.0754. The van der Waals surface area contributed by atoms with E-state index in [0.717, 1.165) is 37.6 Å².